The van der Waals surface area contributed by atoms with Gasteiger partial charge in [-0.05, 0) is 24.6 Å². The molecule has 0 spiro atoms. The molecule has 0 aliphatic carbocycles. The lowest BCUT2D eigenvalue weighted by atomic mass is 10.1. The van der Waals surface area contributed by atoms with Gasteiger partial charge in [-0.25, -0.2) is 4.79 Å². The quantitative estimate of drug-likeness (QED) is 0.767. The maximum atomic E-state index is 12.4. The van der Waals surface area contributed by atoms with Gasteiger partial charge in [0.05, 0.1) is 7.11 Å². The lowest BCUT2D eigenvalue weighted by Crippen LogP contribution is -2.48. The molecular weight excluding hydrogens is 304 g/mol. The number of carbonyl (C=O) groups excluding carboxylic acids is 2. The molecule has 2 rings (SSSR count). The molecule has 0 bridgehead atoms. The van der Waals surface area contributed by atoms with E-state index in [4.69, 9.17) is 4.74 Å². The fourth-order valence-corrected chi connectivity index (χ4v) is 2.33. The van der Waals surface area contributed by atoms with E-state index in [0.29, 0.717) is 6.42 Å². The third-order valence-electron chi connectivity index (χ3n) is 3.64. The number of hydrogen-bond donors (Lipinski definition) is 2. The number of carbonyl (C=O) groups is 2. The summed E-state index contributed by atoms with van der Waals surface area (Å²) in [6.07, 6.45) is 0.386. The fraction of sp³-hybridized carbons (Fsp3) is 0.263. The Bertz CT molecular complexity index is 659. The number of hydrogen-bond acceptors (Lipinski definition) is 4. The molecule has 2 aromatic rings. The Hall–Kier alpha value is -2.82. The third-order valence-corrected chi connectivity index (χ3v) is 3.64. The van der Waals surface area contributed by atoms with Crippen molar-refractivity contribution in [2.75, 3.05) is 12.4 Å². The van der Waals surface area contributed by atoms with Crippen LogP contribution in [-0.2, 0) is 20.7 Å². The number of nitrogens with one attached hydrogen (secondary N) is 2. The predicted octanol–water partition coefficient (Wildman–Crippen LogP) is 2.39. The zero-order valence-electron chi connectivity index (χ0n) is 13.9. The summed E-state index contributed by atoms with van der Waals surface area (Å²) in [6, 6.07) is 17.8. The maximum Gasteiger partial charge on any atom is 0.328 e. The van der Waals surface area contributed by atoms with Crippen LogP contribution in [0.4, 0.5) is 5.69 Å². The van der Waals surface area contributed by atoms with Crippen LogP contribution in [0, 0.1) is 0 Å². The SMILES string of the molecule is COC(=O)C(Cc1ccccc1)NC(=O)C(C)Nc1ccccc1. The van der Waals surface area contributed by atoms with E-state index < -0.39 is 18.1 Å². The smallest absolute Gasteiger partial charge is 0.328 e. The minimum Gasteiger partial charge on any atom is -0.467 e. The van der Waals surface area contributed by atoms with Crippen LogP contribution in [0.2, 0.25) is 0 Å². The molecule has 0 heterocycles. The molecule has 0 aliphatic rings. The van der Waals surface area contributed by atoms with Gasteiger partial charge in [-0.3, -0.25) is 4.79 Å². The second kappa shape index (κ2) is 8.72. The van der Waals surface area contributed by atoms with E-state index in [0.717, 1.165) is 11.3 Å². The Balaban J connectivity index is 2.00. The maximum absolute atomic E-state index is 12.4. The largest absolute Gasteiger partial charge is 0.467 e. The van der Waals surface area contributed by atoms with Gasteiger partial charge < -0.3 is 15.4 Å². The predicted molar refractivity (Wildman–Crippen MR) is 93.6 cm³/mol. The molecule has 0 fully saturated rings. The average Bonchev–Trinajstić information content (AvgIpc) is 2.62. The summed E-state index contributed by atoms with van der Waals surface area (Å²) in [5.74, 6) is -0.718. The molecule has 2 atom stereocenters. The lowest BCUT2D eigenvalue weighted by molar-refractivity contribution is -0.145. The minimum atomic E-state index is -0.718. The van der Waals surface area contributed by atoms with Gasteiger partial charge in [-0.2, -0.15) is 0 Å². The van der Waals surface area contributed by atoms with Gasteiger partial charge in [0.15, 0.2) is 0 Å². The van der Waals surface area contributed by atoms with E-state index in [2.05, 4.69) is 10.6 Å². The second-order valence-corrected chi connectivity index (χ2v) is 5.51. The van der Waals surface area contributed by atoms with Gasteiger partial charge in [-0.15, -0.1) is 0 Å². The van der Waals surface area contributed by atoms with Gasteiger partial charge in [0.2, 0.25) is 5.91 Å². The molecule has 0 saturated heterocycles. The fourth-order valence-electron chi connectivity index (χ4n) is 2.33. The van der Waals surface area contributed by atoms with E-state index in [-0.39, 0.29) is 5.91 Å². The third kappa shape index (κ3) is 5.12. The zero-order valence-corrected chi connectivity index (χ0v) is 13.9. The van der Waals surface area contributed by atoms with Crippen molar-refractivity contribution in [3.63, 3.8) is 0 Å². The number of ether oxygens (including phenoxy) is 1. The average molecular weight is 326 g/mol. The molecule has 0 saturated carbocycles. The number of para-hydroxylation sites is 1. The van der Waals surface area contributed by atoms with Crippen molar-refractivity contribution in [1.82, 2.24) is 5.32 Å². The van der Waals surface area contributed by atoms with Gasteiger partial charge >= 0.3 is 5.97 Å². The van der Waals surface area contributed by atoms with Crippen LogP contribution >= 0.6 is 0 Å². The van der Waals surface area contributed by atoms with Crippen molar-refractivity contribution < 1.29 is 14.3 Å². The second-order valence-electron chi connectivity index (χ2n) is 5.51. The topological polar surface area (TPSA) is 67.4 Å². The van der Waals surface area contributed by atoms with Crippen LogP contribution < -0.4 is 10.6 Å². The number of methoxy groups -OCH3 is 1. The summed E-state index contributed by atoms with van der Waals surface area (Å²) in [6.45, 7) is 1.75. The molecule has 0 aliphatic heterocycles. The molecule has 5 nitrogen and oxygen atoms in total. The van der Waals surface area contributed by atoms with Crippen molar-refractivity contribution in [2.45, 2.75) is 25.4 Å². The summed E-state index contributed by atoms with van der Waals surface area (Å²) >= 11 is 0. The summed E-state index contributed by atoms with van der Waals surface area (Å²) in [7, 11) is 1.32. The first-order valence-corrected chi connectivity index (χ1v) is 7.84. The Morgan fingerprint density at radius 1 is 1.00 bits per heavy atom. The number of benzene rings is 2. The highest BCUT2D eigenvalue weighted by molar-refractivity contribution is 5.89. The Morgan fingerprint density at radius 2 is 1.58 bits per heavy atom. The van der Waals surface area contributed by atoms with Gasteiger partial charge in [0.1, 0.15) is 12.1 Å². The van der Waals surface area contributed by atoms with Crippen molar-refractivity contribution in [1.29, 1.82) is 0 Å². The normalized spacial score (nSPS) is 12.8. The van der Waals surface area contributed by atoms with E-state index in [9.17, 15) is 9.59 Å². The van der Waals surface area contributed by atoms with Gasteiger partial charge in [-0.1, -0.05) is 48.5 Å². The molecule has 2 aromatic carbocycles. The number of anilines is 1. The van der Waals surface area contributed by atoms with Crippen LogP contribution in [0.25, 0.3) is 0 Å². The van der Waals surface area contributed by atoms with Gasteiger partial charge in [0, 0.05) is 12.1 Å². The molecule has 126 valence electrons. The highest BCUT2D eigenvalue weighted by Gasteiger charge is 2.24. The Labute approximate surface area is 142 Å². The summed E-state index contributed by atoms with van der Waals surface area (Å²) < 4.78 is 4.81. The molecule has 0 radical (unpaired) electrons. The number of rotatable bonds is 7. The summed E-state index contributed by atoms with van der Waals surface area (Å²) in [5.41, 5.74) is 1.80. The Morgan fingerprint density at radius 3 is 2.17 bits per heavy atom. The zero-order chi connectivity index (χ0) is 17.4. The molecule has 2 N–H and O–H groups in total. The monoisotopic (exact) mass is 326 g/mol. The molecule has 1 amide bonds. The molecule has 2 unspecified atom stereocenters. The van der Waals surface area contributed by atoms with Crippen LogP contribution in [0.5, 0.6) is 0 Å². The van der Waals surface area contributed by atoms with Crippen LogP contribution in [0.1, 0.15) is 12.5 Å². The van der Waals surface area contributed by atoms with E-state index in [1.54, 1.807) is 6.92 Å². The molecular formula is C19H22N2O3. The van der Waals surface area contributed by atoms with Crippen LogP contribution in [0.15, 0.2) is 60.7 Å². The standard InChI is InChI=1S/C19H22N2O3/c1-14(20-16-11-7-4-8-12-16)18(22)21-17(19(23)24-2)13-15-9-5-3-6-10-15/h3-12,14,17,20H,13H2,1-2H3,(H,21,22). The highest BCUT2D eigenvalue weighted by Crippen LogP contribution is 2.08. The lowest BCUT2D eigenvalue weighted by Gasteiger charge is -2.20. The Kier molecular flexibility index (Phi) is 6.37. The van der Waals surface area contributed by atoms with E-state index in [1.165, 1.54) is 7.11 Å². The first kappa shape index (κ1) is 17.5. The molecule has 24 heavy (non-hydrogen) atoms. The van der Waals surface area contributed by atoms with Crippen molar-refractivity contribution in [3.05, 3.63) is 66.2 Å². The summed E-state index contributed by atoms with van der Waals surface area (Å²) in [5, 5.41) is 5.86. The van der Waals surface area contributed by atoms with E-state index >= 15 is 0 Å². The van der Waals surface area contributed by atoms with Gasteiger partial charge in [0.25, 0.3) is 0 Å². The van der Waals surface area contributed by atoms with Crippen molar-refractivity contribution in [2.24, 2.45) is 0 Å². The van der Waals surface area contributed by atoms with Crippen LogP contribution in [-0.4, -0.2) is 31.1 Å². The number of amides is 1. The van der Waals surface area contributed by atoms with Crippen molar-refractivity contribution in [3.8, 4) is 0 Å². The first-order chi connectivity index (χ1) is 11.6. The number of esters is 1. The molecule has 5 heteroatoms. The van der Waals surface area contributed by atoms with E-state index in [1.807, 2.05) is 60.7 Å². The minimum absolute atomic E-state index is 0.259. The van der Waals surface area contributed by atoms with Crippen molar-refractivity contribution >= 4 is 17.6 Å². The first-order valence-electron chi connectivity index (χ1n) is 7.84. The highest BCUT2D eigenvalue weighted by atomic mass is 16.5. The molecule has 0 aromatic heterocycles. The van der Waals surface area contributed by atoms with Crippen LogP contribution in [0.3, 0.4) is 0 Å². The summed E-state index contributed by atoms with van der Waals surface area (Å²) in [4.78, 5) is 24.4.